The van der Waals surface area contributed by atoms with Gasteiger partial charge in [0.2, 0.25) is 11.8 Å². The van der Waals surface area contributed by atoms with E-state index in [-0.39, 0.29) is 30.6 Å². The van der Waals surface area contributed by atoms with Crippen molar-refractivity contribution in [2.45, 2.75) is 84.4 Å². The summed E-state index contributed by atoms with van der Waals surface area (Å²) < 4.78 is 36.6. The molecule has 4 amide bonds. The van der Waals surface area contributed by atoms with E-state index in [0.717, 1.165) is 62.4 Å². The van der Waals surface area contributed by atoms with Crippen molar-refractivity contribution in [1.82, 2.24) is 40.1 Å². The molecular weight excluding hydrogens is 877 g/mol. The van der Waals surface area contributed by atoms with E-state index in [4.69, 9.17) is 43.3 Å². The molecule has 1 saturated carbocycles. The number of aromatic nitrogens is 6. The Hall–Kier alpha value is -6.74. The summed E-state index contributed by atoms with van der Waals surface area (Å²) in [6.45, 7) is 10.4. The summed E-state index contributed by atoms with van der Waals surface area (Å²) in [6, 6.07) is 10.1. The van der Waals surface area contributed by atoms with E-state index in [2.05, 4.69) is 39.1 Å². The molecule has 0 radical (unpaired) electrons. The lowest BCUT2D eigenvalue weighted by Gasteiger charge is -2.27. The summed E-state index contributed by atoms with van der Waals surface area (Å²) in [7, 11) is 1.66. The summed E-state index contributed by atoms with van der Waals surface area (Å²) in [5.41, 5.74) is 6.12. The molecule has 1 aliphatic carbocycles. The van der Waals surface area contributed by atoms with Crippen molar-refractivity contribution in [3.05, 3.63) is 70.5 Å². The Bertz CT molecular complexity index is 2830. The van der Waals surface area contributed by atoms with Gasteiger partial charge in [0.05, 0.1) is 67.0 Å². The Morgan fingerprint density at radius 1 is 0.853 bits per heavy atom. The Kier molecular flexibility index (Phi) is 14.1. The van der Waals surface area contributed by atoms with E-state index in [1.165, 1.54) is 0 Å². The topological polar surface area (TPSA) is 239 Å². The van der Waals surface area contributed by atoms with Gasteiger partial charge in [-0.15, -0.1) is 0 Å². The average Bonchev–Trinajstić information content (AvgIpc) is 3.78. The van der Waals surface area contributed by atoms with Gasteiger partial charge in [0.15, 0.2) is 5.82 Å². The lowest BCUT2D eigenvalue weighted by Crippen LogP contribution is -2.54. The highest BCUT2D eigenvalue weighted by Crippen LogP contribution is 2.43. The van der Waals surface area contributed by atoms with Crippen molar-refractivity contribution in [3.63, 3.8) is 0 Å². The molecule has 358 valence electrons. The van der Waals surface area contributed by atoms with E-state index < -0.39 is 29.7 Å². The molecule has 3 aliphatic rings. The molecule has 1 atom stereocenters. The number of fused-ring (bicyclic) bond motifs is 4. The number of benzene rings is 2. The van der Waals surface area contributed by atoms with Gasteiger partial charge in [-0.3, -0.25) is 29.4 Å². The van der Waals surface area contributed by atoms with Gasteiger partial charge in [0, 0.05) is 73.5 Å². The van der Waals surface area contributed by atoms with Gasteiger partial charge in [-0.1, -0.05) is 11.2 Å². The van der Waals surface area contributed by atoms with Crippen LogP contribution < -0.4 is 20.7 Å². The zero-order valence-electron chi connectivity index (χ0n) is 38.7. The van der Waals surface area contributed by atoms with E-state index >= 15 is 0 Å². The third kappa shape index (κ3) is 9.80. The first kappa shape index (κ1) is 46.4. The number of anilines is 3. The molecule has 2 fully saturated rings. The maximum Gasteiger partial charge on any atom is 0.264 e. The van der Waals surface area contributed by atoms with Crippen LogP contribution in [0.5, 0.6) is 5.75 Å². The number of nitrogens with zero attached hydrogens (tertiary/aromatic N) is 6. The molecule has 6 aromatic rings. The summed E-state index contributed by atoms with van der Waals surface area (Å²) in [4.78, 5) is 64.8. The monoisotopic (exact) mass is 932 g/mol. The molecule has 20 heteroatoms. The van der Waals surface area contributed by atoms with Gasteiger partial charge in [-0.05, 0) is 77.1 Å². The average molecular weight is 933 g/mol. The van der Waals surface area contributed by atoms with E-state index in [9.17, 15) is 19.2 Å². The second-order valence-corrected chi connectivity index (χ2v) is 17.0. The predicted octanol–water partition coefficient (Wildman–Crippen LogP) is 6.09. The number of rotatable bonds is 24. The quantitative estimate of drug-likeness (QED) is 0.0397. The minimum atomic E-state index is -1.01. The highest BCUT2D eigenvalue weighted by molar-refractivity contribution is 6.25. The van der Waals surface area contributed by atoms with Gasteiger partial charge in [0.25, 0.3) is 11.8 Å². The maximum atomic E-state index is 13.3. The smallest absolute Gasteiger partial charge is 0.264 e. The third-order valence-electron chi connectivity index (χ3n) is 12.3. The number of carbonyl (C=O) groups is 4. The van der Waals surface area contributed by atoms with Crippen LogP contribution in [-0.2, 0) is 41.7 Å². The van der Waals surface area contributed by atoms with Crippen molar-refractivity contribution in [2.75, 3.05) is 70.5 Å². The van der Waals surface area contributed by atoms with E-state index in [1.807, 2.05) is 30.7 Å². The molecule has 4 aromatic heterocycles. The Balaban J connectivity index is 0.701. The van der Waals surface area contributed by atoms with Crippen LogP contribution in [0.1, 0.15) is 95.1 Å². The second-order valence-electron chi connectivity index (χ2n) is 17.0. The van der Waals surface area contributed by atoms with Gasteiger partial charge in [-0.25, -0.2) is 14.6 Å². The van der Waals surface area contributed by atoms with Gasteiger partial charge < -0.3 is 43.8 Å². The zero-order chi connectivity index (χ0) is 47.3. The normalized spacial score (nSPS) is 16.1. The number of ether oxygens (including phenoxy) is 5. The number of aromatic amines is 1. The number of H-pyrrole nitrogens is 1. The molecule has 20 nitrogen and oxygen atoms in total. The number of carbonyl (C=O) groups excluding carboxylic acids is 4. The fourth-order valence-corrected chi connectivity index (χ4v) is 8.76. The van der Waals surface area contributed by atoms with E-state index in [1.54, 1.807) is 25.3 Å². The molecular formula is C48H56N10O10. The van der Waals surface area contributed by atoms with Crippen LogP contribution in [0.15, 0.2) is 40.9 Å². The fraction of sp³-hybridized carbons (Fsp3) is 0.458. The number of hydrogen-bond acceptors (Lipinski definition) is 16. The van der Waals surface area contributed by atoms with Crippen LogP contribution in [0, 0.1) is 13.8 Å². The van der Waals surface area contributed by atoms with Gasteiger partial charge >= 0.3 is 0 Å². The summed E-state index contributed by atoms with van der Waals surface area (Å²) in [5, 5.41) is 19.8. The molecule has 9 rings (SSSR count). The molecule has 4 N–H and O–H groups in total. The van der Waals surface area contributed by atoms with Crippen LogP contribution >= 0.6 is 0 Å². The van der Waals surface area contributed by atoms with Crippen LogP contribution in [0.25, 0.3) is 33.1 Å². The number of hydrogen-bond donors (Lipinski definition) is 4. The van der Waals surface area contributed by atoms with Crippen molar-refractivity contribution < 1.29 is 47.4 Å². The number of aryl methyl sites for hydroxylation is 3. The highest BCUT2D eigenvalue weighted by Gasteiger charge is 2.45. The minimum Gasteiger partial charge on any atom is -0.496 e. The summed E-state index contributed by atoms with van der Waals surface area (Å²) >= 11 is 0. The molecule has 2 aliphatic heterocycles. The van der Waals surface area contributed by atoms with Crippen molar-refractivity contribution in [3.8, 4) is 16.9 Å². The Labute approximate surface area is 391 Å². The van der Waals surface area contributed by atoms with Crippen molar-refractivity contribution in [2.24, 2.45) is 0 Å². The van der Waals surface area contributed by atoms with Crippen LogP contribution in [0.3, 0.4) is 0 Å². The van der Waals surface area contributed by atoms with E-state index in [0.29, 0.717) is 113 Å². The fourth-order valence-electron chi connectivity index (χ4n) is 8.76. The molecule has 1 saturated heterocycles. The van der Waals surface area contributed by atoms with Crippen LogP contribution in [0.2, 0.25) is 0 Å². The molecule has 68 heavy (non-hydrogen) atoms. The summed E-state index contributed by atoms with van der Waals surface area (Å²) in [5.74, 6) is 1.78. The lowest BCUT2D eigenvalue weighted by molar-refractivity contribution is -0.136. The Morgan fingerprint density at radius 3 is 2.34 bits per heavy atom. The number of nitrogens with one attached hydrogen (secondary N) is 4. The highest BCUT2D eigenvalue weighted by atomic mass is 16.5. The molecule has 2 aromatic carbocycles. The SMILES string of the molecule is CCn1nc(C2CC2)cc1Nc1nc(COCCCOCCOCCOCCCNc2cccc3c2C(=O)N(C2CCC(=O)NC2=O)C3=O)nc2[nH]c3cc(-c4c(C)noc4C)c(OC)cc3c12. The maximum absolute atomic E-state index is 13.3. The lowest BCUT2D eigenvalue weighted by atomic mass is 10.0. The number of piperidine rings is 1. The van der Waals surface area contributed by atoms with Crippen molar-refractivity contribution in [1.29, 1.82) is 0 Å². The third-order valence-corrected chi connectivity index (χ3v) is 12.3. The predicted molar refractivity (Wildman–Crippen MR) is 249 cm³/mol. The largest absolute Gasteiger partial charge is 0.496 e. The molecule has 0 bridgehead atoms. The first-order valence-corrected chi connectivity index (χ1v) is 23.2. The molecule has 0 spiro atoms. The number of methoxy groups -OCH3 is 1. The minimum absolute atomic E-state index is 0.0655. The molecule has 6 heterocycles. The summed E-state index contributed by atoms with van der Waals surface area (Å²) in [6.07, 6.45) is 3.80. The first-order valence-electron chi connectivity index (χ1n) is 23.2. The van der Waals surface area contributed by atoms with Crippen LogP contribution in [0.4, 0.5) is 17.3 Å². The van der Waals surface area contributed by atoms with Crippen LogP contribution in [-0.4, -0.2) is 124 Å². The van der Waals surface area contributed by atoms with Crippen molar-refractivity contribution >= 4 is 62.9 Å². The first-order chi connectivity index (χ1) is 33.1. The molecule has 1 unspecified atom stereocenters. The number of imide groups is 2. The second kappa shape index (κ2) is 20.6. The standard InChI is InChI=1S/C48H56N10O10/c1-5-57-39(25-34(55-57)29-11-12-29)53-45-43-31-24-37(63-4)32(41-27(2)56-68-28(41)3)23-35(31)50-44(43)51-38(52-45)26-67-18-8-17-65-20-22-66-21-19-64-16-7-15-49-33-10-6-9-30-42(33)48(62)58(47(30)61)36-13-14-40(59)54-46(36)60/h6,9-10,23-25,29,36,49H,5,7-8,11-22,26H2,1-4H3,(H,54,59,60)(H2,50,51,52,53). The number of amides is 4. The van der Waals surface area contributed by atoms with Gasteiger partial charge in [-0.2, -0.15) is 5.10 Å². The van der Waals surface area contributed by atoms with Gasteiger partial charge in [0.1, 0.15) is 41.4 Å². The Morgan fingerprint density at radius 2 is 1.62 bits per heavy atom. The zero-order valence-corrected chi connectivity index (χ0v) is 38.7.